The second kappa shape index (κ2) is 4.71. The van der Waals surface area contributed by atoms with Crippen molar-refractivity contribution in [3.05, 3.63) is 28.3 Å². The fraction of sp³-hybridized carbons (Fsp3) is 0.538. The van der Waals surface area contributed by atoms with Gasteiger partial charge in [-0.25, -0.2) is 0 Å². The number of aliphatic hydroxyl groups excluding tert-OH is 1. The highest BCUT2D eigenvalue weighted by Crippen LogP contribution is 2.36. The summed E-state index contributed by atoms with van der Waals surface area (Å²) in [6.45, 7) is 0.755. The minimum atomic E-state index is -0.184. The predicted molar refractivity (Wildman–Crippen MR) is 71.2 cm³/mol. The highest BCUT2D eigenvalue weighted by molar-refractivity contribution is 7.99. The summed E-state index contributed by atoms with van der Waals surface area (Å²) < 4.78 is 5.68. The molecule has 1 aromatic carbocycles. The average molecular weight is 271 g/mol. The Morgan fingerprint density at radius 2 is 2.29 bits per heavy atom. The summed E-state index contributed by atoms with van der Waals surface area (Å²) in [5.74, 6) is 3.24. The van der Waals surface area contributed by atoms with Crippen LogP contribution in [0, 0.1) is 5.92 Å². The molecule has 2 atom stereocenters. The van der Waals surface area contributed by atoms with Gasteiger partial charge in [-0.3, -0.25) is 0 Å². The van der Waals surface area contributed by atoms with Crippen molar-refractivity contribution in [3.8, 4) is 5.75 Å². The van der Waals surface area contributed by atoms with E-state index >= 15 is 0 Å². The Kier molecular flexibility index (Phi) is 3.24. The lowest BCUT2D eigenvalue weighted by Crippen LogP contribution is -2.20. The first-order chi connectivity index (χ1) is 8.24. The number of benzene rings is 1. The lowest BCUT2D eigenvalue weighted by molar-refractivity contribution is 0.149. The molecule has 4 heteroatoms. The molecule has 0 radical (unpaired) electrons. The first-order valence-corrected chi connectivity index (χ1v) is 7.47. The average Bonchev–Trinajstić information content (AvgIpc) is 2.88. The third-order valence-electron chi connectivity index (χ3n) is 3.47. The Labute approximate surface area is 110 Å². The van der Waals surface area contributed by atoms with Gasteiger partial charge in [-0.2, -0.15) is 11.8 Å². The van der Waals surface area contributed by atoms with Gasteiger partial charge in [0.15, 0.2) is 0 Å². The van der Waals surface area contributed by atoms with Crippen molar-refractivity contribution < 1.29 is 9.84 Å². The molecule has 92 valence electrons. The molecule has 1 saturated heterocycles. The zero-order valence-electron chi connectivity index (χ0n) is 9.49. The first kappa shape index (κ1) is 11.7. The number of fused-ring (bicyclic) bond motifs is 1. The van der Waals surface area contributed by atoms with Gasteiger partial charge in [0.2, 0.25) is 0 Å². The Balaban J connectivity index is 1.87. The SMILES string of the molecule is OC1CSCC1Cc1cc(Cl)cc2c1OCC2. The number of ether oxygens (including phenoxy) is 1. The van der Waals surface area contributed by atoms with Crippen LogP contribution in [0.15, 0.2) is 12.1 Å². The van der Waals surface area contributed by atoms with Crippen LogP contribution in [-0.2, 0) is 12.8 Å². The number of hydrogen-bond donors (Lipinski definition) is 1. The molecule has 3 rings (SSSR count). The molecule has 2 aliphatic rings. The van der Waals surface area contributed by atoms with Crippen molar-refractivity contribution >= 4 is 23.4 Å². The molecule has 0 bridgehead atoms. The summed E-state index contributed by atoms with van der Waals surface area (Å²) in [5.41, 5.74) is 2.38. The first-order valence-electron chi connectivity index (χ1n) is 5.94. The summed E-state index contributed by atoms with van der Waals surface area (Å²) in [6, 6.07) is 3.98. The van der Waals surface area contributed by atoms with E-state index in [1.165, 1.54) is 5.56 Å². The predicted octanol–water partition coefficient (Wildman–Crippen LogP) is 2.54. The zero-order chi connectivity index (χ0) is 11.8. The zero-order valence-corrected chi connectivity index (χ0v) is 11.1. The van der Waals surface area contributed by atoms with E-state index in [-0.39, 0.29) is 6.10 Å². The molecule has 0 aromatic heterocycles. The smallest absolute Gasteiger partial charge is 0.125 e. The molecule has 0 amide bonds. The molecule has 2 nitrogen and oxygen atoms in total. The molecule has 17 heavy (non-hydrogen) atoms. The fourth-order valence-corrected chi connectivity index (χ4v) is 4.12. The van der Waals surface area contributed by atoms with Crippen LogP contribution in [0.2, 0.25) is 5.02 Å². The maximum atomic E-state index is 9.87. The van der Waals surface area contributed by atoms with Gasteiger partial charge in [0.05, 0.1) is 12.7 Å². The van der Waals surface area contributed by atoms with Gasteiger partial charge in [-0.15, -0.1) is 0 Å². The van der Waals surface area contributed by atoms with Crippen LogP contribution in [0.5, 0.6) is 5.75 Å². The summed E-state index contributed by atoms with van der Waals surface area (Å²) in [4.78, 5) is 0. The van der Waals surface area contributed by atoms with E-state index in [2.05, 4.69) is 0 Å². The van der Waals surface area contributed by atoms with Gasteiger partial charge < -0.3 is 9.84 Å². The van der Waals surface area contributed by atoms with Crippen molar-refractivity contribution in [1.82, 2.24) is 0 Å². The van der Waals surface area contributed by atoms with E-state index in [0.717, 1.165) is 47.3 Å². The van der Waals surface area contributed by atoms with E-state index in [4.69, 9.17) is 16.3 Å². The fourth-order valence-electron chi connectivity index (χ4n) is 2.56. The van der Waals surface area contributed by atoms with Crippen LogP contribution in [0.3, 0.4) is 0 Å². The summed E-state index contributed by atoms with van der Waals surface area (Å²) in [7, 11) is 0. The van der Waals surface area contributed by atoms with Crippen molar-refractivity contribution in [2.45, 2.75) is 18.9 Å². The molecule has 0 saturated carbocycles. The maximum absolute atomic E-state index is 9.87. The number of rotatable bonds is 2. The standard InChI is InChI=1S/C13H15ClO2S/c14-11-4-8-1-2-16-13(8)9(5-11)3-10-6-17-7-12(10)15/h4-5,10,12,15H,1-3,6-7H2. The van der Waals surface area contributed by atoms with E-state index in [0.29, 0.717) is 5.92 Å². The molecular weight excluding hydrogens is 256 g/mol. The molecular formula is C13H15ClO2S. The van der Waals surface area contributed by atoms with Crippen LogP contribution in [0.1, 0.15) is 11.1 Å². The molecule has 0 aliphatic carbocycles. The van der Waals surface area contributed by atoms with Crippen LogP contribution < -0.4 is 4.74 Å². The van der Waals surface area contributed by atoms with Crippen molar-refractivity contribution in [3.63, 3.8) is 0 Å². The molecule has 1 fully saturated rings. The topological polar surface area (TPSA) is 29.5 Å². The van der Waals surface area contributed by atoms with E-state index < -0.39 is 0 Å². The minimum Gasteiger partial charge on any atom is -0.493 e. The monoisotopic (exact) mass is 270 g/mol. The third-order valence-corrected chi connectivity index (χ3v) is 4.93. The molecule has 2 unspecified atom stereocenters. The van der Waals surface area contributed by atoms with Crippen molar-refractivity contribution in [2.75, 3.05) is 18.1 Å². The number of aliphatic hydroxyl groups is 1. The summed E-state index contributed by atoms with van der Waals surface area (Å²) >= 11 is 7.95. The number of halogens is 1. The van der Waals surface area contributed by atoms with Gasteiger partial charge >= 0.3 is 0 Å². The van der Waals surface area contributed by atoms with Crippen LogP contribution in [0.4, 0.5) is 0 Å². The maximum Gasteiger partial charge on any atom is 0.125 e. The van der Waals surface area contributed by atoms with E-state index in [1.807, 2.05) is 23.9 Å². The number of hydrogen-bond acceptors (Lipinski definition) is 3. The third kappa shape index (κ3) is 2.28. The lowest BCUT2D eigenvalue weighted by Gasteiger charge is -2.16. The summed E-state index contributed by atoms with van der Waals surface area (Å²) in [6.07, 6.45) is 1.64. The van der Waals surface area contributed by atoms with Crippen molar-refractivity contribution in [1.29, 1.82) is 0 Å². The van der Waals surface area contributed by atoms with Gasteiger partial charge in [0.1, 0.15) is 5.75 Å². The molecule has 2 heterocycles. The molecule has 0 spiro atoms. The second-order valence-electron chi connectivity index (χ2n) is 4.72. The summed E-state index contributed by atoms with van der Waals surface area (Å²) in [5, 5.41) is 10.7. The van der Waals surface area contributed by atoms with Crippen molar-refractivity contribution in [2.24, 2.45) is 5.92 Å². The van der Waals surface area contributed by atoms with Gasteiger partial charge in [-0.05, 0) is 41.4 Å². The molecule has 1 N–H and O–H groups in total. The quantitative estimate of drug-likeness (QED) is 0.896. The lowest BCUT2D eigenvalue weighted by atomic mass is 9.95. The largest absolute Gasteiger partial charge is 0.493 e. The van der Waals surface area contributed by atoms with E-state index in [1.54, 1.807) is 0 Å². The van der Waals surface area contributed by atoms with Gasteiger partial charge in [-0.1, -0.05) is 11.6 Å². The van der Waals surface area contributed by atoms with Crippen LogP contribution in [-0.4, -0.2) is 29.3 Å². The number of thioether (sulfide) groups is 1. The Bertz CT molecular complexity index is 436. The minimum absolute atomic E-state index is 0.184. The van der Waals surface area contributed by atoms with Crippen LogP contribution >= 0.6 is 23.4 Å². The van der Waals surface area contributed by atoms with Gasteiger partial charge in [0, 0.05) is 17.2 Å². The molecule has 2 aliphatic heterocycles. The van der Waals surface area contributed by atoms with Crippen LogP contribution in [0.25, 0.3) is 0 Å². The van der Waals surface area contributed by atoms with E-state index in [9.17, 15) is 5.11 Å². The molecule has 1 aromatic rings. The Hall–Kier alpha value is -0.380. The van der Waals surface area contributed by atoms with Gasteiger partial charge in [0.25, 0.3) is 0 Å². The Morgan fingerprint density at radius 3 is 3.06 bits per heavy atom. The second-order valence-corrected chi connectivity index (χ2v) is 6.23. The highest BCUT2D eigenvalue weighted by atomic mass is 35.5. The Morgan fingerprint density at radius 1 is 1.41 bits per heavy atom. The highest BCUT2D eigenvalue weighted by Gasteiger charge is 2.28. The normalized spacial score (nSPS) is 26.9.